The van der Waals surface area contributed by atoms with Crippen LogP contribution in [0.2, 0.25) is 0 Å². The predicted molar refractivity (Wildman–Crippen MR) is 106 cm³/mol. The van der Waals surface area contributed by atoms with Crippen molar-refractivity contribution in [1.82, 2.24) is 9.88 Å². The fraction of sp³-hybridized carbons (Fsp3) is 0.261. The number of halogens is 3. The zero-order valence-electron chi connectivity index (χ0n) is 15.8. The lowest BCUT2D eigenvalue weighted by Crippen LogP contribution is -2.54. The summed E-state index contributed by atoms with van der Waals surface area (Å²) in [5.74, 6) is 0. The second-order valence-corrected chi connectivity index (χ2v) is 7.31. The van der Waals surface area contributed by atoms with Crippen molar-refractivity contribution in [1.29, 1.82) is 0 Å². The van der Waals surface area contributed by atoms with Gasteiger partial charge in [0.1, 0.15) is 0 Å². The Bertz CT molecular complexity index is 905. The van der Waals surface area contributed by atoms with Gasteiger partial charge in [-0.25, -0.2) is 0 Å². The average molecular weight is 397 g/mol. The van der Waals surface area contributed by atoms with Gasteiger partial charge < -0.3 is 5.73 Å². The topological polar surface area (TPSA) is 42.1 Å². The molecule has 3 nitrogen and oxygen atoms in total. The van der Waals surface area contributed by atoms with E-state index >= 15 is 0 Å². The minimum atomic E-state index is -4.38. The first-order valence-electron chi connectivity index (χ1n) is 9.59. The molecule has 0 aliphatic carbocycles. The molecule has 3 atom stereocenters. The van der Waals surface area contributed by atoms with E-state index in [1.54, 1.807) is 12.3 Å². The van der Waals surface area contributed by atoms with E-state index in [0.29, 0.717) is 5.56 Å². The van der Waals surface area contributed by atoms with Crippen molar-refractivity contribution in [3.63, 3.8) is 0 Å². The van der Waals surface area contributed by atoms with Crippen molar-refractivity contribution in [2.45, 2.75) is 30.7 Å². The number of aromatic nitrogens is 1. The van der Waals surface area contributed by atoms with Gasteiger partial charge in [-0.1, -0.05) is 48.5 Å². The zero-order valence-corrected chi connectivity index (χ0v) is 15.8. The largest absolute Gasteiger partial charge is 0.416 e. The highest BCUT2D eigenvalue weighted by Gasteiger charge is 2.40. The smallest absolute Gasteiger partial charge is 0.323 e. The highest BCUT2D eigenvalue weighted by atomic mass is 19.4. The minimum absolute atomic E-state index is 0.0642. The highest BCUT2D eigenvalue weighted by molar-refractivity contribution is 5.32. The summed E-state index contributed by atoms with van der Waals surface area (Å²) in [5, 5.41) is 0. The fourth-order valence-electron chi connectivity index (χ4n) is 3.98. The third kappa shape index (κ3) is 4.04. The molecule has 0 bridgehead atoms. The molecule has 1 saturated heterocycles. The normalized spacial score (nSPS) is 19.4. The van der Waals surface area contributed by atoms with Gasteiger partial charge in [-0.15, -0.1) is 0 Å². The Morgan fingerprint density at radius 1 is 0.931 bits per heavy atom. The van der Waals surface area contributed by atoms with Crippen LogP contribution in [0, 0.1) is 0 Å². The molecule has 1 aliphatic rings. The Hall–Kier alpha value is -2.70. The Balaban J connectivity index is 1.65. The molecule has 0 radical (unpaired) electrons. The fourth-order valence-corrected chi connectivity index (χ4v) is 3.98. The van der Waals surface area contributed by atoms with Gasteiger partial charge in [0.25, 0.3) is 0 Å². The number of hydrogen-bond acceptors (Lipinski definition) is 3. The van der Waals surface area contributed by atoms with Crippen LogP contribution < -0.4 is 5.73 Å². The summed E-state index contributed by atoms with van der Waals surface area (Å²) in [4.78, 5) is 6.78. The van der Waals surface area contributed by atoms with Crippen molar-refractivity contribution in [2.75, 3.05) is 6.54 Å². The lowest BCUT2D eigenvalue weighted by molar-refractivity contribution is -0.137. The minimum Gasteiger partial charge on any atom is -0.323 e. The molecule has 4 rings (SSSR count). The van der Waals surface area contributed by atoms with Gasteiger partial charge in [-0.3, -0.25) is 9.88 Å². The summed E-state index contributed by atoms with van der Waals surface area (Å²) in [7, 11) is 0. The molecular weight excluding hydrogens is 375 g/mol. The first-order chi connectivity index (χ1) is 13.9. The van der Waals surface area contributed by atoms with Gasteiger partial charge in [0.15, 0.2) is 0 Å². The van der Waals surface area contributed by atoms with Crippen LogP contribution in [-0.4, -0.2) is 22.5 Å². The molecule has 1 unspecified atom stereocenters. The number of benzene rings is 2. The predicted octanol–water partition coefficient (Wildman–Crippen LogP) is 4.96. The average Bonchev–Trinajstić information content (AvgIpc) is 2.72. The lowest BCUT2D eigenvalue weighted by Gasteiger charge is -2.48. The van der Waals surface area contributed by atoms with Crippen LogP contribution in [0.3, 0.4) is 0 Å². The third-order valence-electron chi connectivity index (χ3n) is 5.54. The summed E-state index contributed by atoms with van der Waals surface area (Å²) >= 11 is 0. The second kappa shape index (κ2) is 7.97. The SMILES string of the molecule is N[C@@H](c1cccc(C(F)(F)F)c1)[C@@H]1CCN1C(c1ccccc1)c1ccccn1. The van der Waals surface area contributed by atoms with E-state index in [1.807, 2.05) is 48.5 Å². The van der Waals surface area contributed by atoms with Crippen molar-refractivity contribution in [3.8, 4) is 0 Å². The van der Waals surface area contributed by atoms with Crippen molar-refractivity contribution in [2.24, 2.45) is 5.73 Å². The van der Waals surface area contributed by atoms with Crippen molar-refractivity contribution >= 4 is 0 Å². The first-order valence-corrected chi connectivity index (χ1v) is 9.59. The second-order valence-electron chi connectivity index (χ2n) is 7.31. The van der Waals surface area contributed by atoms with E-state index in [-0.39, 0.29) is 12.1 Å². The van der Waals surface area contributed by atoms with Crippen LogP contribution in [0.15, 0.2) is 79.0 Å². The maximum Gasteiger partial charge on any atom is 0.416 e. The van der Waals surface area contributed by atoms with Gasteiger partial charge in [-0.2, -0.15) is 13.2 Å². The van der Waals surface area contributed by atoms with E-state index in [2.05, 4.69) is 9.88 Å². The molecule has 150 valence electrons. The van der Waals surface area contributed by atoms with Crippen LogP contribution >= 0.6 is 0 Å². The van der Waals surface area contributed by atoms with E-state index < -0.39 is 17.8 Å². The van der Waals surface area contributed by atoms with E-state index in [0.717, 1.165) is 30.3 Å². The van der Waals surface area contributed by atoms with Crippen LogP contribution in [0.4, 0.5) is 13.2 Å². The molecule has 6 heteroatoms. The molecule has 1 fully saturated rings. The van der Waals surface area contributed by atoms with Gasteiger partial charge in [0, 0.05) is 24.8 Å². The molecule has 29 heavy (non-hydrogen) atoms. The summed E-state index contributed by atoms with van der Waals surface area (Å²) in [6.45, 7) is 0.813. The molecule has 2 heterocycles. The number of alkyl halides is 3. The van der Waals surface area contributed by atoms with E-state index in [1.165, 1.54) is 12.1 Å². The summed E-state index contributed by atoms with van der Waals surface area (Å²) in [6, 6.07) is 20.5. The zero-order chi connectivity index (χ0) is 20.4. The summed E-state index contributed by atoms with van der Waals surface area (Å²) < 4.78 is 39.3. The number of rotatable bonds is 5. The van der Waals surface area contributed by atoms with Crippen molar-refractivity contribution < 1.29 is 13.2 Å². The maximum atomic E-state index is 13.1. The monoisotopic (exact) mass is 397 g/mol. The molecule has 1 aromatic heterocycles. The lowest BCUT2D eigenvalue weighted by atomic mass is 9.86. The van der Waals surface area contributed by atoms with E-state index in [9.17, 15) is 13.2 Å². The van der Waals surface area contributed by atoms with Crippen LogP contribution in [0.25, 0.3) is 0 Å². The van der Waals surface area contributed by atoms with Crippen LogP contribution in [0.5, 0.6) is 0 Å². The van der Waals surface area contributed by atoms with Crippen LogP contribution in [0.1, 0.15) is 40.9 Å². The maximum absolute atomic E-state index is 13.1. The molecule has 2 N–H and O–H groups in total. The highest BCUT2D eigenvalue weighted by Crippen LogP contribution is 2.40. The molecule has 3 aromatic rings. The van der Waals surface area contributed by atoms with Gasteiger partial charge in [-0.05, 0) is 41.8 Å². The number of likely N-dealkylation sites (tertiary alicyclic amines) is 1. The Labute approximate surface area is 168 Å². The van der Waals surface area contributed by atoms with Gasteiger partial charge >= 0.3 is 6.18 Å². The van der Waals surface area contributed by atoms with Crippen LogP contribution in [-0.2, 0) is 6.18 Å². The quantitative estimate of drug-likeness (QED) is 0.661. The molecule has 1 aliphatic heterocycles. The molecule has 0 saturated carbocycles. The number of nitrogens with zero attached hydrogens (tertiary/aromatic N) is 2. The first kappa shape index (κ1) is 19.6. The summed E-state index contributed by atoms with van der Waals surface area (Å²) in [6.07, 6.45) is -1.80. The Kier molecular flexibility index (Phi) is 5.39. The number of nitrogens with two attached hydrogens (primary N) is 1. The van der Waals surface area contributed by atoms with Gasteiger partial charge in [0.2, 0.25) is 0 Å². The van der Waals surface area contributed by atoms with E-state index in [4.69, 9.17) is 5.73 Å². The summed E-state index contributed by atoms with van der Waals surface area (Å²) in [5.41, 5.74) is 8.30. The number of pyridine rings is 1. The molecule has 2 aromatic carbocycles. The Morgan fingerprint density at radius 2 is 1.66 bits per heavy atom. The molecule has 0 amide bonds. The van der Waals surface area contributed by atoms with Crippen molar-refractivity contribution in [3.05, 3.63) is 101 Å². The molecule has 0 spiro atoms. The number of hydrogen-bond donors (Lipinski definition) is 1. The Morgan fingerprint density at radius 3 is 2.28 bits per heavy atom. The van der Waals surface area contributed by atoms with Gasteiger partial charge in [0.05, 0.1) is 17.3 Å². The third-order valence-corrected chi connectivity index (χ3v) is 5.54. The standard InChI is InChI=1S/C23H22F3N3/c24-23(25,26)18-10-6-9-17(15-18)21(27)20-12-14-29(20)22(16-7-2-1-3-8-16)19-11-4-5-13-28-19/h1-11,13,15,20-22H,12,14,27H2/t20-,21-,22?/m0/s1. The molecular formula is C23H22F3N3.